The average molecular weight is 243 g/mol. The van der Waals surface area contributed by atoms with Gasteiger partial charge in [-0.1, -0.05) is 42.0 Å². The smallest absolute Gasteiger partial charge is 0.128 e. The standard InChI is InChI=1S/C16H18FN/c1-11-8-9-15(17)14(10-11)16(18-3)13-7-5-4-6-12(13)2/h4-10,16,18H,1-3H3. The van der Waals surface area contributed by atoms with Crippen molar-refractivity contribution in [2.24, 2.45) is 0 Å². The molecule has 0 radical (unpaired) electrons. The molecule has 2 aromatic carbocycles. The van der Waals surface area contributed by atoms with E-state index in [0.717, 1.165) is 16.7 Å². The molecule has 1 nitrogen and oxygen atoms in total. The zero-order valence-electron chi connectivity index (χ0n) is 11.0. The Bertz CT molecular complexity index is 549. The Labute approximate surface area is 108 Å². The molecular formula is C16H18FN. The van der Waals surface area contributed by atoms with Gasteiger partial charge >= 0.3 is 0 Å². The summed E-state index contributed by atoms with van der Waals surface area (Å²) in [5.41, 5.74) is 4.05. The van der Waals surface area contributed by atoms with Crippen LogP contribution in [0, 0.1) is 19.7 Å². The first-order valence-corrected chi connectivity index (χ1v) is 6.12. The van der Waals surface area contributed by atoms with Gasteiger partial charge in [0.1, 0.15) is 5.82 Å². The van der Waals surface area contributed by atoms with Gasteiger partial charge in [0.15, 0.2) is 0 Å². The fourth-order valence-corrected chi connectivity index (χ4v) is 2.27. The van der Waals surface area contributed by atoms with Gasteiger partial charge in [0.05, 0.1) is 6.04 Å². The van der Waals surface area contributed by atoms with Crippen LogP contribution in [0.2, 0.25) is 0 Å². The molecule has 0 spiro atoms. The maximum atomic E-state index is 14.0. The highest BCUT2D eigenvalue weighted by Gasteiger charge is 2.17. The number of hydrogen-bond donors (Lipinski definition) is 1. The third-order valence-electron chi connectivity index (χ3n) is 3.25. The SMILES string of the molecule is CNC(c1ccccc1C)c1cc(C)ccc1F. The van der Waals surface area contributed by atoms with Gasteiger partial charge in [0, 0.05) is 5.56 Å². The first-order valence-electron chi connectivity index (χ1n) is 6.12. The van der Waals surface area contributed by atoms with E-state index in [-0.39, 0.29) is 11.9 Å². The van der Waals surface area contributed by atoms with E-state index in [2.05, 4.69) is 5.32 Å². The van der Waals surface area contributed by atoms with Gasteiger partial charge in [-0.3, -0.25) is 0 Å². The van der Waals surface area contributed by atoms with E-state index in [4.69, 9.17) is 0 Å². The van der Waals surface area contributed by atoms with Crippen molar-refractivity contribution in [3.05, 3.63) is 70.5 Å². The van der Waals surface area contributed by atoms with Crippen molar-refractivity contribution in [2.45, 2.75) is 19.9 Å². The maximum absolute atomic E-state index is 14.0. The van der Waals surface area contributed by atoms with Crippen molar-refractivity contribution in [3.8, 4) is 0 Å². The molecule has 1 unspecified atom stereocenters. The maximum Gasteiger partial charge on any atom is 0.128 e. The Hall–Kier alpha value is -1.67. The molecule has 0 aliphatic carbocycles. The third kappa shape index (κ3) is 2.44. The highest BCUT2D eigenvalue weighted by molar-refractivity contribution is 5.38. The summed E-state index contributed by atoms with van der Waals surface area (Å²) in [6.07, 6.45) is 0. The molecule has 1 atom stereocenters. The number of nitrogens with one attached hydrogen (secondary N) is 1. The van der Waals surface area contributed by atoms with Crippen LogP contribution < -0.4 is 5.32 Å². The Balaban J connectivity index is 2.52. The molecule has 0 aliphatic rings. The van der Waals surface area contributed by atoms with Crippen LogP contribution in [0.3, 0.4) is 0 Å². The second-order valence-corrected chi connectivity index (χ2v) is 4.60. The normalized spacial score (nSPS) is 12.4. The summed E-state index contributed by atoms with van der Waals surface area (Å²) in [5, 5.41) is 3.20. The Kier molecular flexibility index (Phi) is 3.78. The lowest BCUT2D eigenvalue weighted by Crippen LogP contribution is -2.20. The van der Waals surface area contributed by atoms with Gasteiger partial charge < -0.3 is 5.32 Å². The molecule has 0 aromatic heterocycles. The van der Waals surface area contributed by atoms with E-state index >= 15 is 0 Å². The van der Waals surface area contributed by atoms with Crippen molar-refractivity contribution >= 4 is 0 Å². The molecule has 94 valence electrons. The predicted octanol–water partition coefficient (Wildman–Crippen LogP) is 3.75. The molecule has 2 aromatic rings. The van der Waals surface area contributed by atoms with E-state index in [1.165, 1.54) is 6.07 Å². The molecule has 0 aliphatic heterocycles. The number of rotatable bonds is 3. The molecule has 0 saturated carbocycles. The summed E-state index contributed by atoms with van der Waals surface area (Å²) < 4.78 is 14.0. The van der Waals surface area contributed by atoms with Crippen molar-refractivity contribution in [3.63, 3.8) is 0 Å². The van der Waals surface area contributed by atoms with Crippen LogP contribution in [0.4, 0.5) is 4.39 Å². The van der Waals surface area contributed by atoms with Gasteiger partial charge in [-0.2, -0.15) is 0 Å². The second-order valence-electron chi connectivity index (χ2n) is 4.60. The zero-order valence-corrected chi connectivity index (χ0v) is 11.0. The molecule has 2 rings (SSSR count). The molecule has 0 heterocycles. The molecule has 2 heteroatoms. The van der Waals surface area contributed by atoms with E-state index in [1.54, 1.807) is 6.07 Å². The number of halogens is 1. The molecule has 18 heavy (non-hydrogen) atoms. The minimum absolute atomic E-state index is 0.105. The fraction of sp³-hybridized carbons (Fsp3) is 0.250. The van der Waals surface area contributed by atoms with E-state index < -0.39 is 0 Å². The van der Waals surface area contributed by atoms with Crippen LogP contribution in [-0.4, -0.2) is 7.05 Å². The Morgan fingerprint density at radius 3 is 2.39 bits per heavy atom. The van der Waals surface area contributed by atoms with Gasteiger partial charge in [0.2, 0.25) is 0 Å². The zero-order chi connectivity index (χ0) is 13.1. The van der Waals surface area contributed by atoms with Crippen LogP contribution >= 0.6 is 0 Å². The molecule has 0 amide bonds. The molecule has 0 fully saturated rings. The summed E-state index contributed by atoms with van der Waals surface area (Å²) in [7, 11) is 1.86. The largest absolute Gasteiger partial charge is 0.309 e. The van der Waals surface area contributed by atoms with Crippen molar-refractivity contribution in [1.29, 1.82) is 0 Å². The van der Waals surface area contributed by atoms with E-state index in [1.807, 2.05) is 51.2 Å². The van der Waals surface area contributed by atoms with Gasteiger partial charge in [-0.15, -0.1) is 0 Å². The van der Waals surface area contributed by atoms with Crippen LogP contribution in [-0.2, 0) is 0 Å². The highest BCUT2D eigenvalue weighted by atomic mass is 19.1. The lowest BCUT2D eigenvalue weighted by molar-refractivity contribution is 0.574. The highest BCUT2D eigenvalue weighted by Crippen LogP contribution is 2.27. The molecule has 0 bridgehead atoms. The van der Waals surface area contributed by atoms with Crippen LogP contribution in [0.5, 0.6) is 0 Å². The third-order valence-corrected chi connectivity index (χ3v) is 3.25. The second kappa shape index (κ2) is 5.32. The van der Waals surface area contributed by atoms with E-state index in [0.29, 0.717) is 5.56 Å². The van der Waals surface area contributed by atoms with Crippen molar-refractivity contribution in [2.75, 3.05) is 7.05 Å². The summed E-state index contributed by atoms with van der Waals surface area (Å²) in [4.78, 5) is 0. The summed E-state index contributed by atoms with van der Waals surface area (Å²) in [5.74, 6) is -0.164. The summed E-state index contributed by atoms with van der Waals surface area (Å²) in [6.45, 7) is 4.03. The minimum Gasteiger partial charge on any atom is -0.309 e. The van der Waals surface area contributed by atoms with Gasteiger partial charge in [-0.05, 0) is 38.1 Å². The summed E-state index contributed by atoms with van der Waals surface area (Å²) >= 11 is 0. The topological polar surface area (TPSA) is 12.0 Å². The van der Waals surface area contributed by atoms with E-state index in [9.17, 15) is 4.39 Å². The van der Waals surface area contributed by atoms with Crippen LogP contribution in [0.1, 0.15) is 28.3 Å². The van der Waals surface area contributed by atoms with Crippen molar-refractivity contribution in [1.82, 2.24) is 5.32 Å². The summed E-state index contributed by atoms with van der Waals surface area (Å²) in [6, 6.07) is 13.2. The number of benzene rings is 2. The van der Waals surface area contributed by atoms with Crippen molar-refractivity contribution < 1.29 is 4.39 Å². The van der Waals surface area contributed by atoms with Crippen LogP contribution in [0.15, 0.2) is 42.5 Å². The Morgan fingerprint density at radius 2 is 1.72 bits per heavy atom. The predicted molar refractivity (Wildman–Crippen MR) is 73.2 cm³/mol. The first kappa shape index (κ1) is 12.8. The molecule has 1 N–H and O–H groups in total. The lowest BCUT2D eigenvalue weighted by Gasteiger charge is -2.20. The number of aryl methyl sites for hydroxylation is 2. The van der Waals surface area contributed by atoms with Gasteiger partial charge in [0.25, 0.3) is 0 Å². The molecular weight excluding hydrogens is 225 g/mol. The fourth-order valence-electron chi connectivity index (χ4n) is 2.27. The number of hydrogen-bond acceptors (Lipinski definition) is 1. The lowest BCUT2D eigenvalue weighted by atomic mass is 9.94. The van der Waals surface area contributed by atoms with Gasteiger partial charge in [-0.25, -0.2) is 4.39 Å². The Morgan fingerprint density at radius 1 is 1.00 bits per heavy atom. The monoisotopic (exact) mass is 243 g/mol. The first-order chi connectivity index (χ1) is 8.63. The van der Waals surface area contributed by atoms with Crippen LogP contribution in [0.25, 0.3) is 0 Å². The molecule has 0 saturated heterocycles. The quantitative estimate of drug-likeness (QED) is 0.865. The minimum atomic E-state index is -0.164. The average Bonchev–Trinajstić information content (AvgIpc) is 2.36.